The van der Waals surface area contributed by atoms with Gasteiger partial charge < -0.3 is 4.90 Å². The SMILES string of the molecule is c1cc(N=Nc2cc3c4c(c2)CCCN4CCC3)ccn1. The summed E-state index contributed by atoms with van der Waals surface area (Å²) in [4.78, 5) is 6.54. The number of hydrogen-bond acceptors (Lipinski definition) is 4. The van der Waals surface area contributed by atoms with Crippen molar-refractivity contribution >= 4 is 17.1 Å². The van der Waals surface area contributed by atoms with Crippen molar-refractivity contribution in [1.82, 2.24) is 4.98 Å². The van der Waals surface area contributed by atoms with Crippen LogP contribution in [0.2, 0.25) is 0 Å². The van der Waals surface area contributed by atoms with Gasteiger partial charge in [-0.3, -0.25) is 4.98 Å². The summed E-state index contributed by atoms with van der Waals surface area (Å²) in [6.07, 6.45) is 8.30. The van der Waals surface area contributed by atoms with E-state index in [1.165, 1.54) is 42.7 Å². The first-order chi connectivity index (χ1) is 10.4. The van der Waals surface area contributed by atoms with Crippen molar-refractivity contribution in [3.63, 3.8) is 0 Å². The molecule has 0 unspecified atom stereocenters. The van der Waals surface area contributed by atoms with Crippen molar-refractivity contribution in [2.45, 2.75) is 25.7 Å². The predicted octanol–water partition coefficient (Wildman–Crippen LogP) is 4.20. The summed E-state index contributed by atoms with van der Waals surface area (Å²) >= 11 is 0. The van der Waals surface area contributed by atoms with E-state index in [2.05, 4.69) is 32.2 Å². The van der Waals surface area contributed by atoms with Crippen LogP contribution >= 0.6 is 0 Å². The molecule has 0 spiro atoms. The normalized spacial score (nSPS) is 17.0. The van der Waals surface area contributed by atoms with E-state index in [9.17, 15) is 0 Å². The highest BCUT2D eigenvalue weighted by Crippen LogP contribution is 2.38. The second kappa shape index (κ2) is 5.28. The van der Waals surface area contributed by atoms with Crippen LogP contribution < -0.4 is 4.90 Å². The Kier molecular flexibility index (Phi) is 3.14. The second-order valence-corrected chi connectivity index (χ2v) is 5.71. The van der Waals surface area contributed by atoms with E-state index in [-0.39, 0.29) is 0 Å². The molecule has 0 amide bonds. The maximum absolute atomic E-state index is 4.42. The summed E-state index contributed by atoms with van der Waals surface area (Å²) in [5, 5.41) is 8.73. The van der Waals surface area contributed by atoms with Gasteiger partial charge >= 0.3 is 0 Å². The van der Waals surface area contributed by atoms with Crippen LogP contribution in [0.3, 0.4) is 0 Å². The van der Waals surface area contributed by atoms with Crippen molar-refractivity contribution in [3.05, 3.63) is 47.8 Å². The number of azo groups is 1. The van der Waals surface area contributed by atoms with E-state index in [1.807, 2.05) is 12.1 Å². The molecule has 4 nitrogen and oxygen atoms in total. The van der Waals surface area contributed by atoms with Crippen LogP contribution in [0.25, 0.3) is 0 Å². The van der Waals surface area contributed by atoms with Gasteiger partial charge in [0.05, 0.1) is 11.4 Å². The molecule has 2 aliphatic rings. The second-order valence-electron chi connectivity index (χ2n) is 5.71. The number of nitrogens with zero attached hydrogens (tertiary/aromatic N) is 4. The van der Waals surface area contributed by atoms with Gasteiger partial charge in [-0.15, -0.1) is 0 Å². The molecule has 106 valence electrons. The topological polar surface area (TPSA) is 40.9 Å². The van der Waals surface area contributed by atoms with Crippen LogP contribution in [-0.4, -0.2) is 18.1 Å². The molecule has 4 rings (SSSR count). The van der Waals surface area contributed by atoms with Gasteiger partial charge in [-0.25, -0.2) is 0 Å². The van der Waals surface area contributed by atoms with Crippen molar-refractivity contribution in [2.24, 2.45) is 10.2 Å². The Bertz CT molecular complexity index is 647. The minimum atomic E-state index is 0.845. The highest BCUT2D eigenvalue weighted by molar-refractivity contribution is 5.67. The van der Waals surface area contributed by atoms with Crippen LogP contribution in [0.1, 0.15) is 24.0 Å². The summed E-state index contributed by atoms with van der Waals surface area (Å²) in [5.74, 6) is 0. The smallest absolute Gasteiger partial charge is 0.0887 e. The Hall–Kier alpha value is -2.23. The van der Waals surface area contributed by atoms with Gasteiger partial charge in [0, 0.05) is 31.2 Å². The molecule has 0 aliphatic carbocycles. The molecule has 21 heavy (non-hydrogen) atoms. The Labute approximate surface area is 124 Å². The lowest BCUT2D eigenvalue weighted by molar-refractivity contribution is 0.634. The van der Waals surface area contributed by atoms with Crippen molar-refractivity contribution in [3.8, 4) is 0 Å². The molecule has 0 bridgehead atoms. The third-order valence-corrected chi connectivity index (χ3v) is 4.26. The molecular formula is C17H18N4. The van der Waals surface area contributed by atoms with Gasteiger partial charge in [0.1, 0.15) is 0 Å². The Morgan fingerprint density at radius 1 is 0.857 bits per heavy atom. The van der Waals surface area contributed by atoms with Gasteiger partial charge in [0.15, 0.2) is 0 Å². The number of aryl methyl sites for hydroxylation is 2. The number of hydrogen-bond donors (Lipinski definition) is 0. The minimum absolute atomic E-state index is 0.845. The number of pyridine rings is 1. The lowest BCUT2D eigenvalue weighted by atomic mass is 9.91. The lowest BCUT2D eigenvalue weighted by Gasteiger charge is -2.36. The molecule has 2 aliphatic heterocycles. The number of anilines is 1. The molecule has 0 fully saturated rings. The van der Waals surface area contributed by atoms with Crippen LogP contribution in [0.5, 0.6) is 0 Å². The zero-order valence-electron chi connectivity index (χ0n) is 12.0. The number of aromatic nitrogens is 1. The molecule has 0 atom stereocenters. The molecule has 1 aromatic heterocycles. The number of rotatable bonds is 2. The predicted molar refractivity (Wildman–Crippen MR) is 83.7 cm³/mol. The first kappa shape index (κ1) is 12.5. The summed E-state index contributed by atoms with van der Waals surface area (Å²) in [7, 11) is 0. The van der Waals surface area contributed by atoms with Gasteiger partial charge in [-0.2, -0.15) is 10.2 Å². The van der Waals surface area contributed by atoms with Crippen LogP contribution in [0.15, 0.2) is 46.9 Å². The van der Waals surface area contributed by atoms with E-state index < -0.39 is 0 Å². The monoisotopic (exact) mass is 278 g/mol. The Morgan fingerprint density at radius 3 is 2.14 bits per heavy atom. The van der Waals surface area contributed by atoms with Gasteiger partial charge in [-0.05, 0) is 61.1 Å². The number of benzene rings is 1. The maximum Gasteiger partial charge on any atom is 0.0887 e. The summed E-state index contributed by atoms with van der Waals surface area (Å²) in [6, 6.07) is 8.16. The quantitative estimate of drug-likeness (QED) is 0.773. The van der Waals surface area contributed by atoms with E-state index >= 15 is 0 Å². The van der Waals surface area contributed by atoms with E-state index in [1.54, 1.807) is 12.4 Å². The molecule has 4 heteroatoms. The average molecular weight is 278 g/mol. The highest BCUT2D eigenvalue weighted by Gasteiger charge is 2.24. The van der Waals surface area contributed by atoms with Crippen LogP contribution in [-0.2, 0) is 12.8 Å². The molecule has 0 saturated heterocycles. The molecular weight excluding hydrogens is 260 g/mol. The third-order valence-electron chi connectivity index (χ3n) is 4.26. The highest BCUT2D eigenvalue weighted by atomic mass is 15.1. The molecule has 0 N–H and O–H groups in total. The first-order valence-corrected chi connectivity index (χ1v) is 7.63. The zero-order valence-corrected chi connectivity index (χ0v) is 12.0. The molecule has 2 aromatic rings. The molecule has 0 saturated carbocycles. The van der Waals surface area contributed by atoms with Crippen LogP contribution in [0.4, 0.5) is 17.1 Å². The molecule has 0 radical (unpaired) electrons. The summed E-state index contributed by atoms with van der Waals surface area (Å²) < 4.78 is 0. The lowest BCUT2D eigenvalue weighted by Crippen LogP contribution is -2.34. The minimum Gasteiger partial charge on any atom is -0.371 e. The Balaban J connectivity index is 1.70. The maximum atomic E-state index is 4.42. The summed E-state index contributed by atoms with van der Waals surface area (Å²) in [6.45, 7) is 2.41. The van der Waals surface area contributed by atoms with Crippen molar-refractivity contribution in [1.29, 1.82) is 0 Å². The Morgan fingerprint density at radius 2 is 1.48 bits per heavy atom. The molecule has 3 heterocycles. The van der Waals surface area contributed by atoms with E-state index in [4.69, 9.17) is 0 Å². The van der Waals surface area contributed by atoms with Crippen molar-refractivity contribution < 1.29 is 0 Å². The van der Waals surface area contributed by atoms with E-state index in [0.717, 1.165) is 24.2 Å². The van der Waals surface area contributed by atoms with Gasteiger partial charge in [-0.1, -0.05) is 0 Å². The third kappa shape index (κ3) is 2.42. The fraction of sp³-hybridized carbons (Fsp3) is 0.353. The average Bonchev–Trinajstić information content (AvgIpc) is 2.54. The summed E-state index contributed by atoms with van der Waals surface area (Å²) in [5.41, 5.74) is 6.20. The fourth-order valence-corrected chi connectivity index (χ4v) is 3.37. The first-order valence-electron chi connectivity index (χ1n) is 7.63. The fourth-order valence-electron chi connectivity index (χ4n) is 3.37. The standard InChI is InChI=1S/C17H18N4/c1-3-13-11-16(20-19-15-5-7-18-8-6-15)12-14-4-2-10-21(9-1)17(13)14/h5-8,11-12H,1-4,9-10H2. The largest absolute Gasteiger partial charge is 0.371 e. The van der Waals surface area contributed by atoms with Gasteiger partial charge in [0.25, 0.3) is 0 Å². The van der Waals surface area contributed by atoms with Gasteiger partial charge in [0.2, 0.25) is 0 Å². The molecule has 1 aromatic carbocycles. The van der Waals surface area contributed by atoms with Crippen LogP contribution in [0, 0.1) is 0 Å². The van der Waals surface area contributed by atoms with E-state index in [0.29, 0.717) is 0 Å². The van der Waals surface area contributed by atoms with Crippen molar-refractivity contribution in [2.75, 3.05) is 18.0 Å². The zero-order chi connectivity index (χ0) is 14.1.